The van der Waals surface area contributed by atoms with E-state index >= 15 is 0 Å². The summed E-state index contributed by atoms with van der Waals surface area (Å²) in [6.45, 7) is 0.466. The van der Waals surface area contributed by atoms with Gasteiger partial charge in [0.05, 0.1) is 10.6 Å². The van der Waals surface area contributed by atoms with Gasteiger partial charge in [-0.3, -0.25) is 9.10 Å². The molecule has 1 aliphatic heterocycles. The van der Waals surface area contributed by atoms with Crippen LogP contribution in [0.5, 0.6) is 0 Å². The maximum Gasteiger partial charge on any atom is 0.264 e. The van der Waals surface area contributed by atoms with Crippen molar-refractivity contribution in [2.45, 2.75) is 24.2 Å². The minimum absolute atomic E-state index is 0.199. The van der Waals surface area contributed by atoms with Gasteiger partial charge in [-0.25, -0.2) is 8.42 Å². The van der Waals surface area contributed by atoms with E-state index in [9.17, 15) is 13.2 Å². The van der Waals surface area contributed by atoms with Gasteiger partial charge < -0.3 is 5.32 Å². The summed E-state index contributed by atoms with van der Waals surface area (Å²) in [5.41, 5.74) is 2.34. The zero-order chi connectivity index (χ0) is 17.9. The van der Waals surface area contributed by atoms with Crippen LogP contribution in [0, 0.1) is 0 Å². The van der Waals surface area contributed by atoms with Crippen LogP contribution in [0.3, 0.4) is 0 Å². The highest BCUT2D eigenvalue weighted by Crippen LogP contribution is 2.32. The lowest BCUT2D eigenvalue weighted by molar-refractivity contribution is -0.115. The molecule has 25 heavy (non-hydrogen) atoms. The number of alkyl halides is 1. The molecule has 0 radical (unpaired) electrons. The van der Waals surface area contributed by atoms with E-state index in [0.717, 1.165) is 24.1 Å². The molecule has 5 nitrogen and oxygen atoms in total. The fraction of sp³-hybridized carbons (Fsp3) is 0.278. The van der Waals surface area contributed by atoms with E-state index in [-0.39, 0.29) is 23.1 Å². The van der Waals surface area contributed by atoms with Gasteiger partial charge in [-0.15, -0.1) is 11.6 Å². The lowest BCUT2D eigenvalue weighted by Gasteiger charge is -2.30. The number of benzene rings is 2. The van der Waals surface area contributed by atoms with Crippen molar-refractivity contribution in [3.05, 3.63) is 54.1 Å². The Morgan fingerprint density at radius 1 is 1.12 bits per heavy atom. The number of hydrogen-bond donors (Lipinski definition) is 1. The van der Waals surface area contributed by atoms with Gasteiger partial charge in [0.25, 0.3) is 10.0 Å². The molecule has 0 atom stereocenters. The van der Waals surface area contributed by atoms with E-state index in [1.165, 1.54) is 16.4 Å². The van der Waals surface area contributed by atoms with Crippen molar-refractivity contribution in [3.8, 4) is 0 Å². The number of rotatable bonds is 5. The van der Waals surface area contributed by atoms with E-state index in [2.05, 4.69) is 5.32 Å². The number of carbonyl (C=O) groups is 1. The minimum Gasteiger partial charge on any atom is -0.326 e. The topological polar surface area (TPSA) is 66.5 Å². The summed E-state index contributed by atoms with van der Waals surface area (Å²) in [6, 6.07) is 13.8. The predicted octanol–water partition coefficient (Wildman–Crippen LogP) is 3.40. The number of halogens is 1. The molecule has 1 amide bonds. The molecule has 0 bridgehead atoms. The molecule has 0 unspecified atom stereocenters. The van der Waals surface area contributed by atoms with Crippen molar-refractivity contribution in [2.75, 3.05) is 22.0 Å². The number of fused-ring (bicyclic) bond motifs is 1. The van der Waals surface area contributed by atoms with Gasteiger partial charge in [-0.1, -0.05) is 18.2 Å². The number of carbonyl (C=O) groups excluding carboxylic acids is 1. The summed E-state index contributed by atoms with van der Waals surface area (Å²) in [6.07, 6.45) is 1.89. The van der Waals surface area contributed by atoms with Gasteiger partial charge in [0.1, 0.15) is 0 Å². The highest BCUT2D eigenvalue weighted by molar-refractivity contribution is 7.92. The molecular weight excluding hydrogens is 360 g/mol. The summed E-state index contributed by atoms with van der Waals surface area (Å²) >= 11 is 5.53. The zero-order valence-electron chi connectivity index (χ0n) is 13.6. The minimum atomic E-state index is -3.63. The Bertz CT molecular complexity index is 866. The fourth-order valence-electron chi connectivity index (χ4n) is 2.90. The number of anilines is 2. The SMILES string of the molecule is O=C(CCCl)Nc1ccc(S(=O)(=O)N2CCCc3ccccc32)cc1. The highest BCUT2D eigenvalue weighted by atomic mass is 35.5. The average molecular weight is 379 g/mol. The van der Waals surface area contributed by atoms with Gasteiger partial charge in [0.15, 0.2) is 0 Å². The van der Waals surface area contributed by atoms with Crippen molar-refractivity contribution in [3.63, 3.8) is 0 Å². The third kappa shape index (κ3) is 3.80. The van der Waals surface area contributed by atoms with Crippen LogP contribution in [0.4, 0.5) is 11.4 Å². The first kappa shape index (κ1) is 17.8. The fourth-order valence-corrected chi connectivity index (χ4v) is 4.61. The van der Waals surface area contributed by atoms with E-state index in [1.807, 2.05) is 24.3 Å². The van der Waals surface area contributed by atoms with Gasteiger partial charge in [-0.05, 0) is 48.7 Å². The van der Waals surface area contributed by atoms with Crippen LogP contribution in [0.25, 0.3) is 0 Å². The van der Waals surface area contributed by atoms with Crippen LogP contribution in [0.15, 0.2) is 53.4 Å². The van der Waals surface area contributed by atoms with Gasteiger partial charge >= 0.3 is 0 Å². The number of hydrogen-bond acceptors (Lipinski definition) is 3. The van der Waals surface area contributed by atoms with Crippen molar-refractivity contribution in [1.29, 1.82) is 0 Å². The summed E-state index contributed by atoms with van der Waals surface area (Å²) in [5.74, 6) is 0.0442. The van der Waals surface area contributed by atoms with Crippen molar-refractivity contribution in [1.82, 2.24) is 0 Å². The molecule has 0 aromatic heterocycles. The molecule has 0 saturated carbocycles. The Balaban J connectivity index is 1.85. The Labute approximate surface area is 152 Å². The van der Waals surface area contributed by atoms with Gasteiger partial charge in [-0.2, -0.15) is 0 Å². The monoisotopic (exact) mass is 378 g/mol. The number of amides is 1. The molecular formula is C18H19ClN2O3S. The molecule has 0 aliphatic carbocycles. The average Bonchev–Trinajstić information content (AvgIpc) is 2.62. The standard InChI is InChI=1S/C18H19ClN2O3S/c19-12-11-18(22)20-15-7-9-16(10-8-15)25(23,24)21-13-3-5-14-4-1-2-6-17(14)21/h1-2,4,6-10H,3,5,11-13H2,(H,20,22). The first-order chi connectivity index (χ1) is 12.0. The van der Waals surface area contributed by atoms with Crippen LogP contribution in [-0.2, 0) is 21.2 Å². The van der Waals surface area contributed by atoms with Crippen LogP contribution in [0.2, 0.25) is 0 Å². The summed E-state index contributed by atoms with van der Waals surface area (Å²) < 4.78 is 27.5. The quantitative estimate of drug-likeness (QED) is 0.811. The van der Waals surface area contributed by atoms with Gasteiger partial charge in [0.2, 0.25) is 5.91 Å². The van der Waals surface area contributed by atoms with E-state index < -0.39 is 10.0 Å². The molecule has 1 N–H and O–H groups in total. The molecule has 3 rings (SSSR count). The summed E-state index contributed by atoms with van der Waals surface area (Å²) in [5, 5.41) is 2.68. The molecule has 0 saturated heterocycles. The van der Waals surface area contributed by atoms with Gasteiger partial charge in [0, 0.05) is 24.5 Å². The Kier molecular flexibility index (Phi) is 5.30. The van der Waals surface area contributed by atoms with Crippen molar-refractivity contribution < 1.29 is 13.2 Å². The third-order valence-corrected chi connectivity index (χ3v) is 6.13. The molecule has 7 heteroatoms. The van der Waals surface area contributed by atoms with E-state index in [1.54, 1.807) is 12.1 Å². The number of para-hydroxylation sites is 1. The zero-order valence-corrected chi connectivity index (χ0v) is 15.2. The number of aryl methyl sites for hydroxylation is 1. The number of nitrogens with one attached hydrogen (secondary N) is 1. The van der Waals surface area contributed by atoms with Crippen LogP contribution in [-0.4, -0.2) is 26.7 Å². The second-order valence-corrected chi connectivity index (χ2v) is 8.06. The molecule has 2 aromatic carbocycles. The molecule has 2 aromatic rings. The maximum atomic E-state index is 13.0. The predicted molar refractivity (Wildman–Crippen MR) is 99.7 cm³/mol. The largest absolute Gasteiger partial charge is 0.326 e. The second-order valence-electron chi connectivity index (χ2n) is 5.82. The van der Waals surface area contributed by atoms with Crippen molar-refractivity contribution in [2.24, 2.45) is 0 Å². The molecule has 132 valence electrons. The summed E-state index contributed by atoms with van der Waals surface area (Å²) in [7, 11) is -3.63. The smallest absolute Gasteiger partial charge is 0.264 e. The van der Waals surface area contributed by atoms with Crippen molar-refractivity contribution >= 4 is 38.9 Å². The first-order valence-electron chi connectivity index (χ1n) is 8.09. The third-order valence-electron chi connectivity index (χ3n) is 4.12. The molecule has 0 fully saturated rings. The number of sulfonamides is 1. The Hall–Kier alpha value is -2.05. The Morgan fingerprint density at radius 3 is 2.56 bits per heavy atom. The normalized spacial score (nSPS) is 14.0. The van der Waals surface area contributed by atoms with E-state index in [0.29, 0.717) is 12.2 Å². The van der Waals surface area contributed by atoms with Crippen LogP contribution in [0.1, 0.15) is 18.4 Å². The van der Waals surface area contributed by atoms with Crippen LogP contribution >= 0.6 is 11.6 Å². The lowest BCUT2D eigenvalue weighted by Crippen LogP contribution is -2.35. The molecule has 0 spiro atoms. The number of nitrogens with zero attached hydrogens (tertiary/aromatic N) is 1. The summed E-state index contributed by atoms with van der Waals surface area (Å²) in [4.78, 5) is 11.8. The first-order valence-corrected chi connectivity index (χ1v) is 10.1. The highest BCUT2D eigenvalue weighted by Gasteiger charge is 2.28. The molecule has 1 heterocycles. The Morgan fingerprint density at radius 2 is 1.84 bits per heavy atom. The lowest BCUT2D eigenvalue weighted by atomic mass is 10.0. The van der Waals surface area contributed by atoms with E-state index in [4.69, 9.17) is 11.6 Å². The molecule has 1 aliphatic rings. The maximum absolute atomic E-state index is 13.0. The van der Waals surface area contributed by atoms with Crippen LogP contribution < -0.4 is 9.62 Å². The second kappa shape index (κ2) is 7.45.